The minimum Gasteiger partial charge on any atom is -0.496 e. The minimum atomic E-state index is 0.499. The van der Waals surface area contributed by atoms with E-state index in [2.05, 4.69) is 27.3 Å². The average Bonchev–Trinajstić information content (AvgIpc) is 2.76. The van der Waals surface area contributed by atoms with Crippen molar-refractivity contribution in [1.29, 1.82) is 0 Å². The van der Waals surface area contributed by atoms with Gasteiger partial charge in [-0.3, -0.25) is 0 Å². The molecule has 0 saturated carbocycles. The van der Waals surface area contributed by atoms with Crippen LogP contribution in [0.25, 0.3) is 0 Å². The number of halogens is 1. The van der Waals surface area contributed by atoms with E-state index in [1.165, 1.54) is 0 Å². The predicted octanol–water partition coefficient (Wildman–Crippen LogP) is 5.73. The summed E-state index contributed by atoms with van der Waals surface area (Å²) in [7, 11) is 1.69. The molecule has 0 aliphatic carbocycles. The van der Waals surface area contributed by atoms with Crippen LogP contribution in [0.5, 0.6) is 17.2 Å². The molecule has 0 aliphatic rings. The van der Waals surface area contributed by atoms with Crippen molar-refractivity contribution in [2.24, 2.45) is 0 Å². The van der Waals surface area contributed by atoms with Crippen molar-refractivity contribution in [2.45, 2.75) is 26.6 Å². The number of hydrogen-bond donors (Lipinski definition) is 1. The Hall–Kier alpha value is -2.50. The maximum absolute atomic E-state index is 6.02. The third-order valence-corrected chi connectivity index (χ3v) is 5.21. The van der Waals surface area contributed by atoms with Gasteiger partial charge in [-0.2, -0.15) is 0 Å². The molecule has 0 aromatic heterocycles. The Kier molecular flexibility index (Phi) is 7.96. The van der Waals surface area contributed by atoms with E-state index in [4.69, 9.17) is 14.2 Å². The number of methoxy groups -OCH3 is 1. The lowest BCUT2D eigenvalue weighted by Gasteiger charge is -2.16. The summed E-state index contributed by atoms with van der Waals surface area (Å²) in [6.45, 7) is 4.46. The lowest BCUT2D eigenvalue weighted by molar-refractivity contribution is 0.269. The van der Waals surface area contributed by atoms with Crippen LogP contribution in [-0.2, 0) is 19.7 Å². The predicted molar refractivity (Wildman–Crippen MR) is 120 cm³/mol. The SMILES string of the molecule is CCOc1cc(CNCc2ccccc2OC)c(Br)cc1OCc1ccccc1. The zero-order chi connectivity index (χ0) is 20.5. The number of rotatable bonds is 10. The monoisotopic (exact) mass is 455 g/mol. The van der Waals surface area contributed by atoms with E-state index >= 15 is 0 Å². The second-order valence-corrected chi connectivity index (χ2v) is 7.37. The maximum atomic E-state index is 6.02. The standard InChI is InChI=1S/C24H26BrNO3/c1-3-28-23-13-20(16-26-15-19-11-7-8-12-22(19)27-2)21(25)14-24(23)29-17-18-9-5-4-6-10-18/h4-14,26H,3,15-17H2,1-2H3. The first-order valence-corrected chi connectivity index (χ1v) is 10.4. The first-order chi connectivity index (χ1) is 14.2. The second-order valence-electron chi connectivity index (χ2n) is 6.51. The molecule has 29 heavy (non-hydrogen) atoms. The molecule has 1 N–H and O–H groups in total. The molecule has 4 nitrogen and oxygen atoms in total. The Balaban J connectivity index is 1.68. The fraction of sp³-hybridized carbons (Fsp3) is 0.250. The average molecular weight is 456 g/mol. The lowest BCUT2D eigenvalue weighted by atomic mass is 10.1. The summed E-state index contributed by atoms with van der Waals surface area (Å²) in [4.78, 5) is 0. The van der Waals surface area contributed by atoms with Crippen molar-refractivity contribution in [3.63, 3.8) is 0 Å². The summed E-state index contributed by atoms with van der Waals surface area (Å²) < 4.78 is 18.3. The highest BCUT2D eigenvalue weighted by molar-refractivity contribution is 9.10. The Morgan fingerprint density at radius 3 is 2.24 bits per heavy atom. The smallest absolute Gasteiger partial charge is 0.162 e. The van der Waals surface area contributed by atoms with Crippen LogP contribution < -0.4 is 19.5 Å². The lowest BCUT2D eigenvalue weighted by Crippen LogP contribution is -2.14. The fourth-order valence-corrected chi connectivity index (χ4v) is 3.47. The highest BCUT2D eigenvalue weighted by Crippen LogP contribution is 2.34. The zero-order valence-electron chi connectivity index (χ0n) is 16.8. The number of hydrogen-bond acceptors (Lipinski definition) is 4. The van der Waals surface area contributed by atoms with Gasteiger partial charge in [-0.15, -0.1) is 0 Å². The Morgan fingerprint density at radius 1 is 0.793 bits per heavy atom. The zero-order valence-corrected chi connectivity index (χ0v) is 18.4. The van der Waals surface area contributed by atoms with Crippen molar-refractivity contribution >= 4 is 15.9 Å². The van der Waals surface area contributed by atoms with Gasteiger partial charge in [0.05, 0.1) is 13.7 Å². The third-order valence-electron chi connectivity index (χ3n) is 4.47. The molecule has 3 aromatic rings. The quantitative estimate of drug-likeness (QED) is 0.423. The maximum Gasteiger partial charge on any atom is 0.162 e. The van der Waals surface area contributed by atoms with Crippen LogP contribution >= 0.6 is 15.9 Å². The Morgan fingerprint density at radius 2 is 1.48 bits per heavy atom. The summed E-state index contributed by atoms with van der Waals surface area (Å²) in [5, 5.41) is 3.47. The largest absolute Gasteiger partial charge is 0.496 e. The van der Waals surface area contributed by atoms with Crippen LogP contribution in [0.3, 0.4) is 0 Å². The summed E-state index contributed by atoms with van der Waals surface area (Å²) in [6.07, 6.45) is 0. The van der Waals surface area contributed by atoms with Crippen LogP contribution in [0.2, 0.25) is 0 Å². The van der Waals surface area contributed by atoms with Crippen molar-refractivity contribution in [3.05, 3.63) is 87.9 Å². The number of nitrogens with one attached hydrogen (secondary N) is 1. The van der Waals surface area contributed by atoms with Gasteiger partial charge in [-0.25, -0.2) is 0 Å². The first kappa shape index (κ1) is 21.2. The summed E-state index contributed by atoms with van der Waals surface area (Å²) in [5.41, 5.74) is 3.35. The molecule has 3 aromatic carbocycles. The number of ether oxygens (including phenoxy) is 3. The summed E-state index contributed by atoms with van der Waals surface area (Å²) >= 11 is 3.67. The molecule has 0 spiro atoms. The molecule has 0 aliphatic heterocycles. The first-order valence-electron chi connectivity index (χ1n) is 9.65. The van der Waals surface area contributed by atoms with Gasteiger partial charge < -0.3 is 19.5 Å². The van der Waals surface area contributed by atoms with E-state index in [1.807, 2.05) is 67.6 Å². The van der Waals surface area contributed by atoms with Crippen molar-refractivity contribution in [3.8, 4) is 17.2 Å². The molecule has 0 unspecified atom stereocenters. The highest BCUT2D eigenvalue weighted by atomic mass is 79.9. The van der Waals surface area contributed by atoms with E-state index in [0.29, 0.717) is 26.3 Å². The van der Waals surface area contributed by atoms with Crippen LogP contribution in [0.1, 0.15) is 23.6 Å². The van der Waals surface area contributed by atoms with Gasteiger partial charge in [-0.05, 0) is 36.2 Å². The van der Waals surface area contributed by atoms with Gasteiger partial charge in [-0.1, -0.05) is 64.5 Å². The van der Waals surface area contributed by atoms with E-state index in [0.717, 1.165) is 38.4 Å². The number of benzene rings is 3. The minimum absolute atomic E-state index is 0.499. The normalized spacial score (nSPS) is 10.6. The van der Waals surface area contributed by atoms with Gasteiger partial charge >= 0.3 is 0 Å². The molecule has 152 valence electrons. The topological polar surface area (TPSA) is 39.7 Å². The number of para-hydroxylation sites is 1. The van der Waals surface area contributed by atoms with E-state index < -0.39 is 0 Å². The van der Waals surface area contributed by atoms with Crippen molar-refractivity contribution < 1.29 is 14.2 Å². The van der Waals surface area contributed by atoms with Gasteiger partial charge in [0.15, 0.2) is 11.5 Å². The van der Waals surface area contributed by atoms with Crippen LogP contribution in [0.4, 0.5) is 0 Å². The second kappa shape index (κ2) is 10.9. The van der Waals surface area contributed by atoms with E-state index in [-0.39, 0.29) is 0 Å². The van der Waals surface area contributed by atoms with Gasteiger partial charge in [0.25, 0.3) is 0 Å². The summed E-state index contributed by atoms with van der Waals surface area (Å²) in [5.74, 6) is 2.37. The van der Waals surface area contributed by atoms with Crippen LogP contribution in [-0.4, -0.2) is 13.7 Å². The fourth-order valence-electron chi connectivity index (χ4n) is 3.01. The molecule has 3 rings (SSSR count). The van der Waals surface area contributed by atoms with Crippen LogP contribution in [0, 0.1) is 0 Å². The molecular formula is C24H26BrNO3. The molecule has 0 bridgehead atoms. The van der Waals surface area contributed by atoms with Gasteiger partial charge in [0, 0.05) is 23.1 Å². The molecule has 0 amide bonds. The Labute approximate surface area is 180 Å². The molecule has 0 saturated heterocycles. The molecule has 0 fully saturated rings. The molecule has 5 heteroatoms. The van der Waals surface area contributed by atoms with Gasteiger partial charge in [0.2, 0.25) is 0 Å². The van der Waals surface area contributed by atoms with E-state index in [1.54, 1.807) is 7.11 Å². The van der Waals surface area contributed by atoms with Crippen LogP contribution in [0.15, 0.2) is 71.2 Å². The molecular weight excluding hydrogens is 430 g/mol. The third kappa shape index (κ3) is 5.99. The molecule has 0 atom stereocenters. The highest BCUT2D eigenvalue weighted by Gasteiger charge is 2.12. The van der Waals surface area contributed by atoms with Crippen molar-refractivity contribution in [1.82, 2.24) is 5.32 Å². The van der Waals surface area contributed by atoms with Gasteiger partial charge in [0.1, 0.15) is 12.4 Å². The summed E-state index contributed by atoms with van der Waals surface area (Å²) in [6, 6.07) is 22.1. The molecule has 0 radical (unpaired) electrons. The van der Waals surface area contributed by atoms with Crippen molar-refractivity contribution in [2.75, 3.05) is 13.7 Å². The molecule has 0 heterocycles. The van der Waals surface area contributed by atoms with E-state index in [9.17, 15) is 0 Å². The Bertz CT molecular complexity index is 915.